The van der Waals surface area contributed by atoms with Gasteiger partial charge in [-0.2, -0.15) is 0 Å². The molecule has 0 unspecified atom stereocenters. The van der Waals surface area contributed by atoms with Crippen LogP contribution in [0.15, 0.2) is 42.5 Å². The smallest absolute Gasteiger partial charge is 0.122 e. The third kappa shape index (κ3) is 4.20. The van der Waals surface area contributed by atoms with Crippen molar-refractivity contribution in [1.82, 2.24) is 4.90 Å². The zero-order valence-electron chi connectivity index (χ0n) is 17.5. The van der Waals surface area contributed by atoms with Gasteiger partial charge in [-0.3, -0.25) is 4.90 Å². The SMILES string of the molecule is COc1cccc(CCN(CC2CC2)[C@@H]2CCc3c(OC)cccc3[C@@H]2C)c1. The van der Waals surface area contributed by atoms with Crippen LogP contribution in [-0.2, 0) is 12.8 Å². The molecule has 0 heterocycles. The Bertz CT molecular complexity index is 799. The van der Waals surface area contributed by atoms with Gasteiger partial charge < -0.3 is 9.47 Å². The van der Waals surface area contributed by atoms with Crippen LogP contribution in [0.5, 0.6) is 11.5 Å². The predicted octanol–water partition coefficient (Wildman–Crippen LogP) is 5.08. The predicted molar refractivity (Wildman–Crippen MR) is 115 cm³/mol. The maximum absolute atomic E-state index is 5.63. The minimum absolute atomic E-state index is 0.544. The molecule has 3 nitrogen and oxygen atoms in total. The summed E-state index contributed by atoms with van der Waals surface area (Å²) in [5.41, 5.74) is 4.27. The fourth-order valence-electron chi connectivity index (χ4n) is 4.84. The summed E-state index contributed by atoms with van der Waals surface area (Å²) in [6, 6.07) is 15.7. The maximum Gasteiger partial charge on any atom is 0.122 e. The number of rotatable bonds is 8. The number of fused-ring (bicyclic) bond motifs is 1. The van der Waals surface area contributed by atoms with Gasteiger partial charge in [0.25, 0.3) is 0 Å². The Hall–Kier alpha value is -2.00. The van der Waals surface area contributed by atoms with Crippen molar-refractivity contribution in [2.45, 2.75) is 51.0 Å². The molecule has 150 valence electrons. The Kier molecular flexibility index (Phi) is 5.91. The van der Waals surface area contributed by atoms with Crippen molar-refractivity contribution < 1.29 is 9.47 Å². The summed E-state index contributed by atoms with van der Waals surface area (Å²) in [6.07, 6.45) is 6.23. The molecule has 2 atom stereocenters. The summed E-state index contributed by atoms with van der Waals surface area (Å²) in [5, 5.41) is 0. The average molecular weight is 380 g/mol. The molecular formula is C25H33NO2. The van der Waals surface area contributed by atoms with Gasteiger partial charge in [0.1, 0.15) is 11.5 Å². The summed E-state index contributed by atoms with van der Waals surface area (Å²) in [4.78, 5) is 2.78. The van der Waals surface area contributed by atoms with E-state index < -0.39 is 0 Å². The molecule has 0 saturated heterocycles. The number of methoxy groups -OCH3 is 2. The molecule has 0 N–H and O–H groups in total. The van der Waals surface area contributed by atoms with E-state index in [0.717, 1.165) is 36.8 Å². The summed E-state index contributed by atoms with van der Waals surface area (Å²) in [6.45, 7) is 4.78. The molecule has 28 heavy (non-hydrogen) atoms. The molecule has 4 rings (SSSR count). The molecule has 3 heteroatoms. The van der Waals surface area contributed by atoms with Crippen LogP contribution in [0.1, 0.15) is 48.8 Å². The van der Waals surface area contributed by atoms with Crippen LogP contribution in [0.25, 0.3) is 0 Å². The number of hydrogen-bond donors (Lipinski definition) is 0. The van der Waals surface area contributed by atoms with Gasteiger partial charge in [0.15, 0.2) is 0 Å². The van der Waals surface area contributed by atoms with E-state index in [1.165, 1.54) is 42.5 Å². The third-order valence-electron chi connectivity index (χ3n) is 6.63. The summed E-state index contributed by atoms with van der Waals surface area (Å²) < 4.78 is 11.0. The molecule has 0 spiro atoms. The topological polar surface area (TPSA) is 21.7 Å². The molecule has 2 aliphatic carbocycles. The highest BCUT2D eigenvalue weighted by Crippen LogP contribution is 2.40. The van der Waals surface area contributed by atoms with Gasteiger partial charge >= 0.3 is 0 Å². The average Bonchev–Trinajstić information content (AvgIpc) is 3.55. The zero-order valence-corrected chi connectivity index (χ0v) is 17.5. The second kappa shape index (κ2) is 8.57. The molecule has 0 amide bonds. The lowest BCUT2D eigenvalue weighted by Gasteiger charge is -2.40. The van der Waals surface area contributed by atoms with Gasteiger partial charge in [-0.15, -0.1) is 0 Å². The first kappa shape index (κ1) is 19.3. The zero-order chi connectivity index (χ0) is 19.5. The van der Waals surface area contributed by atoms with Crippen molar-refractivity contribution in [3.05, 3.63) is 59.2 Å². The maximum atomic E-state index is 5.63. The largest absolute Gasteiger partial charge is 0.497 e. The Morgan fingerprint density at radius 2 is 1.82 bits per heavy atom. The van der Waals surface area contributed by atoms with Crippen LogP contribution < -0.4 is 9.47 Å². The Labute approximate surface area is 169 Å². The van der Waals surface area contributed by atoms with Crippen LogP contribution in [0, 0.1) is 5.92 Å². The summed E-state index contributed by atoms with van der Waals surface area (Å²) in [5.74, 6) is 3.47. The second-order valence-corrected chi connectivity index (χ2v) is 8.46. The van der Waals surface area contributed by atoms with Crippen molar-refractivity contribution in [3.63, 3.8) is 0 Å². The third-order valence-corrected chi connectivity index (χ3v) is 6.63. The fraction of sp³-hybridized carbons (Fsp3) is 0.520. The van der Waals surface area contributed by atoms with Crippen LogP contribution >= 0.6 is 0 Å². The van der Waals surface area contributed by atoms with E-state index in [-0.39, 0.29) is 0 Å². The molecule has 0 aromatic heterocycles. The molecule has 2 aromatic carbocycles. The van der Waals surface area contributed by atoms with Crippen molar-refractivity contribution in [3.8, 4) is 11.5 Å². The van der Waals surface area contributed by atoms with Crippen LogP contribution in [0.4, 0.5) is 0 Å². The van der Waals surface area contributed by atoms with Gasteiger partial charge in [-0.05, 0) is 78.8 Å². The van der Waals surface area contributed by atoms with Gasteiger partial charge in [0.2, 0.25) is 0 Å². The van der Waals surface area contributed by atoms with Crippen molar-refractivity contribution in [2.24, 2.45) is 5.92 Å². The molecule has 0 radical (unpaired) electrons. The molecule has 0 aliphatic heterocycles. The highest BCUT2D eigenvalue weighted by atomic mass is 16.5. The van der Waals surface area contributed by atoms with Gasteiger partial charge in [-0.25, -0.2) is 0 Å². The van der Waals surface area contributed by atoms with Crippen LogP contribution in [0.2, 0.25) is 0 Å². The standard InChI is InChI=1S/C25H33NO2/c1-18-22-8-5-9-25(28-3)23(22)12-13-24(18)26(17-20-10-11-20)15-14-19-6-4-7-21(16-19)27-2/h4-9,16,18,20,24H,10-15,17H2,1-3H3/t18-,24+/m0/s1. The highest BCUT2D eigenvalue weighted by Gasteiger charge is 2.34. The lowest BCUT2D eigenvalue weighted by molar-refractivity contribution is 0.153. The molecule has 1 saturated carbocycles. The Morgan fingerprint density at radius 1 is 1.00 bits per heavy atom. The van der Waals surface area contributed by atoms with E-state index in [1.54, 1.807) is 14.2 Å². The van der Waals surface area contributed by atoms with E-state index in [4.69, 9.17) is 9.47 Å². The Morgan fingerprint density at radius 3 is 2.57 bits per heavy atom. The van der Waals surface area contributed by atoms with E-state index >= 15 is 0 Å². The van der Waals surface area contributed by atoms with Crippen LogP contribution in [-0.4, -0.2) is 38.3 Å². The first-order chi connectivity index (χ1) is 13.7. The number of ether oxygens (including phenoxy) is 2. The molecule has 2 aliphatic rings. The summed E-state index contributed by atoms with van der Waals surface area (Å²) in [7, 11) is 3.54. The lowest BCUT2D eigenvalue weighted by atomic mass is 9.79. The van der Waals surface area contributed by atoms with Crippen LogP contribution in [0.3, 0.4) is 0 Å². The fourth-order valence-corrected chi connectivity index (χ4v) is 4.84. The first-order valence-corrected chi connectivity index (χ1v) is 10.7. The monoisotopic (exact) mass is 379 g/mol. The molecule has 1 fully saturated rings. The molecular weight excluding hydrogens is 346 g/mol. The number of benzene rings is 2. The van der Waals surface area contributed by atoms with Crippen molar-refractivity contribution in [1.29, 1.82) is 0 Å². The second-order valence-electron chi connectivity index (χ2n) is 8.46. The Balaban J connectivity index is 1.50. The summed E-state index contributed by atoms with van der Waals surface area (Å²) >= 11 is 0. The minimum Gasteiger partial charge on any atom is -0.497 e. The van der Waals surface area contributed by atoms with Gasteiger partial charge in [0.05, 0.1) is 14.2 Å². The van der Waals surface area contributed by atoms with Crippen molar-refractivity contribution in [2.75, 3.05) is 27.3 Å². The van der Waals surface area contributed by atoms with Crippen molar-refractivity contribution >= 4 is 0 Å². The van der Waals surface area contributed by atoms with E-state index in [1.807, 2.05) is 6.07 Å². The highest BCUT2D eigenvalue weighted by molar-refractivity contribution is 5.44. The quantitative estimate of drug-likeness (QED) is 0.639. The number of hydrogen-bond acceptors (Lipinski definition) is 3. The van der Waals surface area contributed by atoms with E-state index in [2.05, 4.69) is 48.2 Å². The number of nitrogens with zero attached hydrogens (tertiary/aromatic N) is 1. The molecule has 0 bridgehead atoms. The molecule has 2 aromatic rings. The normalized spacial score (nSPS) is 21.4. The lowest BCUT2D eigenvalue weighted by Crippen LogP contribution is -2.43. The van der Waals surface area contributed by atoms with Gasteiger partial charge in [0, 0.05) is 19.1 Å². The van der Waals surface area contributed by atoms with E-state index in [9.17, 15) is 0 Å². The first-order valence-electron chi connectivity index (χ1n) is 10.7. The van der Waals surface area contributed by atoms with E-state index in [0.29, 0.717) is 12.0 Å². The minimum atomic E-state index is 0.544. The van der Waals surface area contributed by atoms with Gasteiger partial charge in [-0.1, -0.05) is 31.2 Å².